The van der Waals surface area contributed by atoms with Crippen molar-refractivity contribution in [3.05, 3.63) is 42.1 Å². The minimum absolute atomic E-state index is 0.0154. The van der Waals surface area contributed by atoms with Gasteiger partial charge in [0.2, 0.25) is 0 Å². The van der Waals surface area contributed by atoms with Gasteiger partial charge in [0.05, 0.1) is 18.4 Å². The number of aliphatic hydroxyl groups excluding tert-OH is 1. The van der Waals surface area contributed by atoms with E-state index in [0.29, 0.717) is 11.3 Å². The Morgan fingerprint density at radius 1 is 1.31 bits per heavy atom. The fraction of sp³-hybridized carbons (Fsp3) is 0.0833. The molecular formula is C12H11NO3. The third kappa shape index (κ3) is 2.12. The van der Waals surface area contributed by atoms with E-state index in [-0.39, 0.29) is 12.4 Å². The molecule has 1 heterocycles. The quantitative estimate of drug-likeness (QED) is 0.825. The van der Waals surface area contributed by atoms with Gasteiger partial charge in [-0.1, -0.05) is 23.4 Å². The molecule has 2 rings (SSSR count). The van der Waals surface area contributed by atoms with Crippen LogP contribution in [0.3, 0.4) is 0 Å². The first-order chi connectivity index (χ1) is 7.81. The molecule has 0 atom stereocenters. The second kappa shape index (κ2) is 4.63. The van der Waals surface area contributed by atoms with Gasteiger partial charge in [0.25, 0.3) is 0 Å². The van der Waals surface area contributed by atoms with Crippen molar-refractivity contribution in [3.8, 4) is 17.1 Å². The maximum atomic E-state index is 9.67. The Labute approximate surface area is 92.4 Å². The summed E-state index contributed by atoms with van der Waals surface area (Å²) in [6.45, 7) is -0.0154. The molecule has 1 aromatic heterocycles. The topological polar surface area (TPSA) is 66.5 Å². The first-order valence-corrected chi connectivity index (χ1v) is 4.83. The first kappa shape index (κ1) is 10.4. The summed E-state index contributed by atoms with van der Waals surface area (Å²) in [7, 11) is 0. The molecule has 0 saturated heterocycles. The largest absolute Gasteiger partial charge is 0.507 e. The van der Waals surface area contributed by atoms with Crippen LogP contribution in [0.1, 0.15) is 5.56 Å². The van der Waals surface area contributed by atoms with Gasteiger partial charge in [-0.15, -0.1) is 0 Å². The van der Waals surface area contributed by atoms with Gasteiger partial charge in [-0.2, -0.15) is 0 Å². The molecular weight excluding hydrogens is 206 g/mol. The fourth-order valence-corrected chi connectivity index (χ4v) is 1.40. The molecule has 4 nitrogen and oxygen atoms in total. The molecule has 0 aliphatic heterocycles. The summed E-state index contributed by atoms with van der Waals surface area (Å²) in [6.07, 6.45) is 4.90. The number of phenols is 1. The zero-order chi connectivity index (χ0) is 11.4. The lowest BCUT2D eigenvalue weighted by Crippen LogP contribution is -1.80. The van der Waals surface area contributed by atoms with Crippen molar-refractivity contribution < 1.29 is 14.7 Å². The highest BCUT2D eigenvalue weighted by Crippen LogP contribution is 2.29. The van der Waals surface area contributed by atoms with E-state index in [2.05, 4.69) is 5.16 Å². The molecule has 0 saturated carbocycles. The zero-order valence-corrected chi connectivity index (χ0v) is 8.50. The normalized spacial score (nSPS) is 11.1. The van der Waals surface area contributed by atoms with Crippen molar-refractivity contribution in [1.29, 1.82) is 0 Å². The highest BCUT2D eigenvalue weighted by Gasteiger charge is 2.07. The number of hydrogen-bond acceptors (Lipinski definition) is 4. The molecule has 16 heavy (non-hydrogen) atoms. The molecule has 0 aliphatic carbocycles. The van der Waals surface area contributed by atoms with Crippen LogP contribution in [0.25, 0.3) is 17.4 Å². The summed E-state index contributed by atoms with van der Waals surface area (Å²) in [4.78, 5) is 0. The number of nitrogens with zero attached hydrogens (tertiary/aromatic N) is 1. The summed E-state index contributed by atoms with van der Waals surface area (Å²) in [5.41, 5.74) is 1.45. The van der Waals surface area contributed by atoms with Crippen LogP contribution in [0, 0.1) is 0 Å². The van der Waals surface area contributed by atoms with Crippen molar-refractivity contribution in [1.82, 2.24) is 5.16 Å². The molecule has 1 aromatic carbocycles. The Morgan fingerprint density at radius 3 is 2.88 bits per heavy atom. The number of aromatic nitrogens is 1. The maximum Gasteiger partial charge on any atom is 0.170 e. The predicted molar refractivity (Wildman–Crippen MR) is 59.7 cm³/mol. The molecule has 0 aliphatic rings. The third-order valence-corrected chi connectivity index (χ3v) is 2.14. The maximum absolute atomic E-state index is 9.67. The van der Waals surface area contributed by atoms with Gasteiger partial charge in [0.15, 0.2) is 5.76 Å². The van der Waals surface area contributed by atoms with Crippen molar-refractivity contribution >= 4 is 6.08 Å². The van der Waals surface area contributed by atoms with Crippen LogP contribution in [0.4, 0.5) is 0 Å². The lowest BCUT2D eigenvalue weighted by atomic mass is 10.1. The second-order valence-electron chi connectivity index (χ2n) is 3.24. The highest BCUT2D eigenvalue weighted by molar-refractivity contribution is 5.69. The average molecular weight is 217 g/mol. The number of benzene rings is 1. The molecule has 82 valence electrons. The number of hydrogen-bond donors (Lipinski definition) is 2. The van der Waals surface area contributed by atoms with Crippen LogP contribution >= 0.6 is 0 Å². The van der Waals surface area contributed by atoms with Crippen molar-refractivity contribution in [2.75, 3.05) is 6.61 Å². The van der Waals surface area contributed by atoms with Gasteiger partial charge in [-0.25, -0.2) is 0 Å². The SMILES string of the molecule is OCC=Cc1ccc(O)c(-c2ccno2)c1. The lowest BCUT2D eigenvalue weighted by molar-refractivity contribution is 0.343. The minimum Gasteiger partial charge on any atom is -0.507 e. The molecule has 0 radical (unpaired) electrons. The van der Waals surface area contributed by atoms with Gasteiger partial charge in [-0.05, 0) is 17.7 Å². The summed E-state index contributed by atoms with van der Waals surface area (Å²) >= 11 is 0. The Bertz CT molecular complexity index is 489. The molecule has 0 spiro atoms. The van der Waals surface area contributed by atoms with Crippen molar-refractivity contribution in [3.63, 3.8) is 0 Å². The third-order valence-electron chi connectivity index (χ3n) is 2.14. The highest BCUT2D eigenvalue weighted by atomic mass is 16.5. The van der Waals surface area contributed by atoms with E-state index in [1.807, 2.05) is 0 Å². The van der Waals surface area contributed by atoms with Gasteiger partial charge < -0.3 is 14.7 Å². The van der Waals surface area contributed by atoms with Crippen LogP contribution in [-0.2, 0) is 0 Å². The molecule has 0 amide bonds. The van der Waals surface area contributed by atoms with E-state index in [9.17, 15) is 5.11 Å². The Kier molecular flexibility index (Phi) is 3.03. The van der Waals surface area contributed by atoms with Crippen molar-refractivity contribution in [2.45, 2.75) is 0 Å². The van der Waals surface area contributed by atoms with Gasteiger partial charge in [-0.3, -0.25) is 0 Å². The van der Waals surface area contributed by atoms with Crippen LogP contribution in [0.5, 0.6) is 5.75 Å². The van der Waals surface area contributed by atoms with Gasteiger partial charge in [0.1, 0.15) is 5.75 Å². The summed E-state index contributed by atoms with van der Waals surface area (Å²) in [5.74, 6) is 0.648. The number of aliphatic hydroxyl groups is 1. The van der Waals surface area contributed by atoms with Crippen LogP contribution in [0.2, 0.25) is 0 Å². The molecule has 0 fully saturated rings. The van der Waals surface area contributed by atoms with Gasteiger partial charge in [0, 0.05) is 6.07 Å². The first-order valence-electron chi connectivity index (χ1n) is 4.83. The number of phenolic OH excluding ortho intramolecular Hbond substituents is 1. The van der Waals surface area contributed by atoms with E-state index in [0.717, 1.165) is 5.56 Å². The van der Waals surface area contributed by atoms with E-state index in [1.54, 1.807) is 36.4 Å². The average Bonchev–Trinajstić information content (AvgIpc) is 2.81. The monoisotopic (exact) mass is 217 g/mol. The Hall–Kier alpha value is -2.07. The zero-order valence-electron chi connectivity index (χ0n) is 8.50. The molecule has 2 N–H and O–H groups in total. The van der Waals surface area contributed by atoms with E-state index < -0.39 is 0 Å². The molecule has 0 unspecified atom stereocenters. The molecule has 2 aromatic rings. The second-order valence-corrected chi connectivity index (χ2v) is 3.24. The van der Waals surface area contributed by atoms with Gasteiger partial charge >= 0.3 is 0 Å². The Morgan fingerprint density at radius 2 is 2.19 bits per heavy atom. The summed E-state index contributed by atoms with van der Waals surface area (Å²) in [6, 6.07) is 6.77. The van der Waals surface area contributed by atoms with Crippen molar-refractivity contribution in [2.24, 2.45) is 0 Å². The van der Waals surface area contributed by atoms with E-state index >= 15 is 0 Å². The predicted octanol–water partition coefficient (Wildman–Crippen LogP) is 2.05. The van der Waals surface area contributed by atoms with E-state index in [1.165, 1.54) is 6.20 Å². The van der Waals surface area contributed by atoms with Crippen LogP contribution in [0.15, 0.2) is 41.1 Å². The van der Waals surface area contributed by atoms with Crippen LogP contribution < -0.4 is 0 Å². The lowest BCUT2D eigenvalue weighted by Gasteiger charge is -2.01. The van der Waals surface area contributed by atoms with E-state index in [4.69, 9.17) is 9.63 Å². The Balaban J connectivity index is 2.41. The summed E-state index contributed by atoms with van der Waals surface area (Å²) in [5, 5.41) is 21.9. The smallest absolute Gasteiger partial charge is 0.170 e. The summed E-state index contributed by atoms with van der Waals surface area (Å²) < 4.78 is 4.98. The standard InChI is InChI=1S/C12H11NO3/c14-7-1-2-9-3-4-11(15)10(8-9)12-5-6-13-16-12/h1-6,8,14-15H,7H2. The number of aromatic hydroxyl groups is 1. The number of rotatable bonds is 3. The van der Waals surface area contributed by atoms with Crippen LogP contribution in [-0.4, -0.2) is 22.0 Å². The minimum atomic E-state index is -0.0154. The fourth-order valence-electron chi connectivity index (χ4n) is 1.40. The molecule has 4 heteroatoms. The molecule has 0 bridgehead atoms.